The highest BCUT2D eigenvalue weighted by atomic mass is 35.5. The molecule has 3 rings (SSSR count). The first kappa shape index (κ1) is 12.6. The molecule has 0 aliphatic rings. The summed E-state index contributed by atoms with van der Waals surface area (Å²) in [6.45, 7) is 2.10. The monoisotopic (exact) mass is 288 g/mol. The first-order chi connectivity index (χ1) is 9.19. The van der Waals surface area contributed by atoms with E-state index < -0.39 is 0 Å². The van der Waals surface area contributed by atoms with Crippen LogP contribution in [0, 0.1) is 6.92 Å². The Morgan fingerprint density at radius 1 is 1.05 bits per heavy atom. The first-order valence-corrected chi connectivity index (χ1v) is 7.62. The lowest BCUT2D eigenvalue weighted by molar-refractivity contribution is 0.625. The van der Waals surface area contributed by atoms with Crippen molar-refractivity contribution >= 4 is 34.3 Å². The van der Waals surface area contributed by atoms with Crippen LogP contribution in [0.2, 0.25) is 5.02 Å². The predicted molar refractivity (Wildman–Crippen MR) is 83.2 cm³/mol. The fourth-order valence-corrected chi connectivity index (χ4v) is 3.03. The molecule has 96 valence electrons. The van der Waals surface area contributed by atoms with Gasteiger partial charge in [-0.25, -0.2) is 0 Å². The summed E-state index contributed by atoms with van der Waals surface area (Å²) in [7, 11) is 0. The van der Waals surface area contributed by atoms with Crippen LogP contribution in [0.15, 0.2) is 51.8 Å². The fourth-order valence-electron chi connectivity index (χ4n) is 2.18. The Morgan fingerprint density at radius 2 is 1.79 bits per heavy atom. The minimum Gasteiger partial charge on any atom is -0.455 e. The van der Waals surface area contributed by atoms with Gasteiger partial charge in [0.15, 0.2) is 0 Å². The van der Waals surface area contributed by atoms with Crippen LogP contribution < -0.4 is 0 Å². The van der Waals surface area contributed by atoms with Crippen LogP contribution in [-0.4, -0.2) is 6.26 Å². The van der Waals surface area contributed by atoms with Gasteiger partial charge in [0.1, 0.15) is 11.3 Å². The van der Waals surface area contributed by atoms with Crippen LogP contribution >= 0.6 is 23.4 Å². The van der Waals surface area contributed by atoms with Gasteiger partial charge in [-0.1, -0.05) is 23.2 Å². The van der Waals surface area contributed by atoms with Crippen molar-refractivity contribution in [1.82, 2.24) is 0 Å². The van der Waals surface area contributed by atoms with Gasteiger partial charge in [-0.2, -0.15) is 0 Å². The van der Waals surface area contributed by atoms with Crippen molar-refractivity contribution in [3.8, 4) is 11.3 Å². The van der Waals surface area contributed by atoms with E-state index in [1.807, 2.05) is 30.3 Å². The van der Waals surface area contributed by atoms with Crippen LogP contribution in [0.5, 0.6) is 0 Å². The van der Waals surface area contributed by atoms with Gasteiger partial charge >= 0.3 is 0 Å². The number of hydrogen-bond donors (Lipinski definition) is 0. The van der Waals surface area contributed by atoms with Crippen molar-refractivity contribution < 1.29 is 4.42 Å². The number of halogens is 1. The summed E-state index contributed by atoms with van der Waals surface area (Å²) >= 11 is 7.65. The Hall–Kier alpha value is -1.38. The Kier molecular flexibility index (Phi) is 3.29. The Balaban J connectivity index is 2.25. The third kappa shape index (κ3) is 2.26. The molecule has 0 aliphatic heterocycles. The molecule has 0 N–H and O–H groups in total. The van der Waals surface area contributed by atoms with E-state index in [0.29, 0.717) is 0 Å². The number of rotatable bonds is 2. The standard InChI is InChI=1S/C16H13ClOS/c1-10-3-8-14-13(9-10)16(19-2)15(18-14)11-4-6-12(17)7-5-11/h3-9H,1-2H3. The molecule has 0 saturated heterocycles. The van der Waals surface area contributed by atoms with E-state index in [1.165, 1.54) is 15.8 Å². The summed E-state index contributed by atoms with van der Waals surface area (Å²) in [6.07, 6.45) is 2.08. The topological polar surface area (TPSA) is 13.1 Å². The van der Waals surface area contributed by atoms with Gasteiger partial charge in [0.05, 0.1) is 4.90 Å². The highest BCUT2D eigenvalue weighted by Crippen LogP contribution is 2.39. The molecule has 0 fully saturated rings. The maximum Gasteiger partial charge on any atom is 0.148 e. The number of aryl methyl sites for hydroxylation is 1. The summed E-state index contributed by atoms with van der Waals surface area (Å²) in [6, 6.07) is 14.0. The maximum absolute atomic E-state index is 6.01. The fraction of sp³-hybridized carbons (Fsp3) is 0.125. The van der Waals surface area contributed by atoms with Crippen LogP contribution in [0.3, 0.4) is 0 Å². The van der Waals surface area contributed by atoms with Crippen molar-refractivity contribution in [2.24, 2.45) is 0 Å². The van der Waals surface area contributed by atoms with Crippen molar-refractivity contribution in [2.75, 3.05) is 6.26 Å². The molecular weight excluding hydrogens is 276 g/mol. The van der Waals surface area contributed by atoms with Crippen LogP contribution in [0.1, 0.15) is 5.56 Å². The molecule has 3 aromatic rings. The van der Waals surface area contributed by atoms with E-state index in [2.05, 4.69) is 25.3 Å². The normalized spacial score (nSPS) is 11.1. The number of fused-ring (bicyclic) bond motifs is 1. The highest BCUT2D eigenvalue weighted by Gasteiger charge is 2.15. The number of hydrogen-bond acceptors (Lipinski definition) is 2. The molecule has 1 aromatic heterocycles. The Bertz CT molecular complexity index is 728. The molecule has 0 saturated carbocycles. The van der Waals surface area contributed by atoms with Gasteiger partial charge in [-0.3, -0.25) is 0 Å². The van der Waals surface area contributed by atoms with Crippen molar-refractivity contribution in [2.45, 2.75) is 11.8 Å². The minimum absolute atomic E-state index is 0.737. The smallest absolute Gasteiger partial charge is 0.148 e. The van der Waals surface area contributed by atoms with E-state index >= 15 is 0 Å². The lowest BCUT2D eigenvalue weighted by Gasteiger charge is -2.00. The van der Waals surface area contributed by atoms with Gasteiger partial charge in [-0.15, -0.1) is 11.8 Å². The lowest BCUT2D eigenvalue weighted by atomic mass is 10.1. The van der Waals surface area contributed by atoms with Gasteiger partial charge in [0.2, 0.25) is 0 Å². The number of furan rings is 1. The molecule has 1 nitrogen and oxygen atoms in total. The quantitative estimate of drug-likeness (QED) is 0.554. The molecule has 0 aliphatic carbocycles. The van der Waals surface area contributed by atoms with E-state index in [-0.39, 0.29) is 0 Å². The summed E-state index contributed by atoms with van der Waals surface area (Å²) in [5.41, 5.74) is 3.23. The average molecular weight is 289 g/mol. The zero-order valence-corrected chi connectivity index (χ0v) is 12.3. The van der Waals surface area contributed by atoms with Crippen LogP contribution in [0.4, 0.5) is 0 Å². The first-order valence-electron chi connectivity index (χ1n) is 6.02. The summed E-state index contributed by atoms with van der Waals surface area (Å²) < 4.78 is 6.01. The molecule has 3 heteroatoms. The molecule has 19 heavy (non-hydrogen) atoms. The van der Waals surface area contributed by atoms with E-state index in [1.54, 1.807) is 11.8 Å². The molecule has 0 amide bonds. The maximum atomic E-state index is 6.01. The molecule has 2 aromatic carbocycles. The second-order valence-corrected chi connectivity index (χ2v) is 5.72. The minimum atomic E-state index is 0.737. The number of benzene rings is 2. The van der Waals surface area contributed by atoms with E-state index in [4.69, 9.17) is 16.0 Å². The highest BCUT2D eigenvalue weighted by molar-refractivity contribution is 7.99. The Labute approximate surface area is 121 Å². The van der Waals surface area contributed by atoms with E-state index in [9.17, 15) is 0 Å². The van der Waals surface area contributed by atoms with E-state index in [0.717, 1.165) is 21.9 Å². The second kappa shape index (κ2) is 4.95. The third-order valence-electron chi connectivity index (χ3n) is 3.11. The number of thioether (sulfide) groups is 1. The SMILES string of the molecule is CSc1c(-c2ccc(Cl)cc2)oc2ccc(C)cc12. The zero-order chi connectivity index (χ0) is 13.4. The lowest BCUT2D eigenvalue weighted by Crippen LogP contribution is -1.77. The molecule has 0 spiro atoms. The van der Waals surface area contributed by atoms with Gasteiger partial charge < -0.3 is 4.42 Å². The molecule has 0 radical (unpaired) electrons. The largest absolute Gasteiger partial charge is 0.455 e. The third-order valence-corrected chi connectivity index (χ3v) is 4.17. The predicted octanol–water partition coefficient (Wildman–Crippen LogP) is 5.78. The Morgan fingerprint density at radius 3 is 2.47 bits per heavy atom. The molecule has 1 heterocycles. The molecule has 0 atom stereocenters. The van der Waals surface area contributed by atoms with Crippen LogP contribution in [-0.2, 0) is 0 Å². The van der Waals surface area contributed by atoms with Gasteiger partial charge in [0, 0.05) is 16.0 Å². The second-order valence-electron chi connectivity index (χ2n) is 4.47. The van der Waals surface area contributed by atoms with Crippen molar-refractivity contribution in [3.63, 3.8) is 0 Å². The van der Waals surface area contributed by atoms with Crippen LogP contribution in [0.25, 0.3) is 22.3 Å². The van der Waals surface area contributed by atoms with Gasteiger partial charge in [0.25, 0.3) is 0 Å². The van der Waals surface area contributed by atoms with Crippen molar-refractivity contribution in [1.29, 1.82) is 0 Å². The van der Waals surface area contributed by atoms with Gasteiger partial charge in [-0.05, 0) is 49.6 Å². The summed E-state index contributed by atoms with van der Waals surface area (Å²) in [5.74, 6) is 0.921. The molecular formula is C16H13ClOS. The average Bonchev–Trinajstić information content (AvgIpc) is 2.77. The summed E-state index contributed by atoms with van der Waals surface area (Å²) in [5, 5.41) is 1.92. The van der Waals surface area contributed by atoms with Crippen molar-refractivity contribution in [3.05, 3.63) is 53.1 Å². The summed E-state index contributed by atoms with van der Waals surface area (Å²) in [4.78, 5) is 1.18. The zero-order valence-electron chi connectivity index (χ0n) is 10.7. The molecule has 0 bridgehead atoms. The molecule has 0 unspecified atom stereocenters.